The first-order valence-electron chi connectivity index (χ1n) is 6.64. The Balaban J connectivity index is 2.09. The van der Waals surface area contributed by atoms with Crippen LogP contribution in [0, 0.1) is 5.41 Å². The van der Waals surface area contributed by atoms with E-state index in [1.54, 1.807) is 12.1 Å². The maximum atomic E-state index is 11.0. The quantitative estimate of drug-likeness (QED) is 0.874. The minimum Gasteiger partial charge on any atom is -0.476 e. The van der Waals surface area contributed by atoms with Crippen molar-refractivity contribution >= 4 is 23.4 Å². The number of rotatable bonds is 5. The molecule has 2 atom stereocenters. The third-order valence-corrected chi connectivity index (χ3v) is 4.22. The minimum atomic E-state index is -1.13. The van der Waals surface area contributed by atoms with Crippen LogP contribution in [0.25, 0.3) is 0 Å². The van der Waals surface area contributed by atoms with Crippen molar-refractivity contribution in [1.82, 2.24) is 4.98 Å². The van der Waals surface area contributed by atoms with Gasteiger partial charge in [0.05, 0.1) is 11.1 Å². The maximum Gasteiger partial charge on any atom is 0.356 e. The summed E-state index contributed by atoms with van der Waals surface area (Å²) in [4.78, 5) is 15.1. The molecule has 0 saturated heterocycles. The fourth-order valence-electron chi connectivity index (χ4n) is 2.47. The molecule has 0 spiro atoms. The predicted octanol–water partition coefficient (Wildman–Crippen LogP) is 3.05. The van der Waals surface area contributed by atoms with E-state index in [0.717, 1.165) is 6.42 Å². The van der Waals surface area contributed by atoms with Gasteiger partial charge in [0, 0.05) is 18.1 Å². The molecule has 2 rings (SSSR count). The molecule has 0 amide bonds. The smallest absolute Gasteiger partial charge is 0.356 e. The monoisotopic (exact) mass is 298 g/mol. The van der Waals surface area contributed by atoms with Gasteiger partial charge in [0.15, 0.2) is 5.69 Å². The van der Waals surface area contributed by atoms with Crippen LogP contribution in [0.4, 0.5) is 5.82 Å². The number of anilines is 1. The van der Waals surface area contributed by atoms with Gasteiger partial charge in [0.1, 0.15) is 5.82 Å². The van der Waals surface area contributed by atoms with Crippen molar-refractivity contribution in [1.29, 1.82) is 0 Å². The Morgan fingerprint density at radius 2 is 2.30 bits per heavy atom. The van der Waals surface area contributed by atoms with Crippen molar-refractivity contribution in [2.45, 2.75) is 39.3 Å². The fourth-order valence-corrected chi connectivity index (χ4v) is 2.65. The van der Waals surface area contributed by atoms with Crippen molar-refractivity contribution in [2.75, 3.05) is 11.9 Å². The third-order valence-electron chi connectivity index (χ3n) is 3.92. The zero-order chi connectivity index (χ0) is 14.9. The number of carbonyl (C=O) groups is 1. The van der Waals surface area contributed by atoms with Crippen LogP contribution >= 0.6 is 11.6 Å². The molecule has 2 N–H and O–H groups in total. The SMILES string of the molecule is CCOC1CC(Nc2ccc(Cl)c(C(=O)O)n2)C1(C)C. The van der Waals surface area contributed by atoms with Crippen LogP contribution in [0.2, 0.25) is 5.02 Å². The van der Waals surface area contributed by atoms with Gasteiger partial charge in [-0.15, -0.1) is 0 Å². The first-order chi connectivity index (χ1) is 9.36. The number of carboxylic acid groups (broad SMARTS) is 1. The van der Waals surface area contributed by atoms with Crippen LogP contribution in [0.15, 0.2) is 12.1 Å². The van der Waals surface area contributed by atoms with Crippen molar-refractivity contribution in [3.63, 3.8) is 0 Å². The highest BCUT2D eigenvalue weighted by molar-refractivity contribution is 6.33. The summed E-state index contributed by atoms with van der Waals surface area (Å²) in [6, 6.07) is 3.44. The van der Waals surface area contributed by atoms with Gasteiger partial charge in [-0.2, -0.15) is 0 Å². The van der Waals surface area contributed by atoms with Crippen LogP contribution in [-0.2, 0) is 4.74 Å². The summed E-state index contributed by atoms with van der Waals surface area (Å²) in [5.74, 6) is -0.599. The minimum absolute atomic E-state index is 0.0132. The van der Waals surface area contributed by atoms with E-state index in [1.165, 1.54) is 0 Å². The highest BCUT2D eigenvalue weighted by Crippen LogP contribution is 2.44. The lowest BCUT2D eigenvalue weighted by molar-refractivity contribution is -0.0976. The number of ether oxygens (including phenoxy) is 1. The van der Waals surface area contributed by atoms with Crippen LogP contribution in [0.1, 0.15) is 37.7 Å². The number of carboxylic acids is 1. The number of pyridine rings is 1. The van der Waals surface area contributed by atoms with Gasteiger partial charge in [-0.3, -0.25) is 0 Å². The summed E-state index contributed by atoms with van der Waals surface area (Å²) in [6.45, 7) is 6.94. The summed E-state index contributed by atoms with van der Waals surface area (Å²) in [5, 5.41) is 12.4. The van der Waals surface area contributed by atoms with Gasteiger partial charge in [0.2, 0.25) is 0 Å². The Bertz CT molecular complexity index is 519. The van der Waals surface area contributed by atoms with Crippen molar-refractivity contribution in [2.24, 2.45) is 5.41 Å². The van der Waals surface area contributed by atoms with E-state index in [2.05, 4.69) is 24.1 Å². The highest BCUT2D eigenvalue weighted by atomic mass is 35.5. The summed E-state index contributed by atoms with van der Waals surface area (Å²) >= 11 is 5.80. The normalized spacial score (nSPS) is 24.0. The average Bonchev–Trinajstić information content (AvgIpc) is 2.39. The highest BCUT2D eigenvalue weighted by Gasteiger charge is 2.49. The van der Waals surface area contributed by atoms with Crippen LogP contribution in [-0.4, -0.2) is 34.8 Å². The maximum absolute atomic E-state index is 11.0. The molecule has 0 bridgehead atoms. The molecule has 1 saturated carbocycles. The molecule has 0 aromatic carbocycles. The lowest BCUT2D eigenvalue weighted by atomic mass is 9.64. The van der Waals surface area contributed by atoms with Gasteiger partial charge in [-0.25, -0.2) is 9.78 Å². The number of nitrogens with one attached hydrogen (secondary N) is 1. The van der Waals surface area contributed by atoms with E-state index in [9.17, 15) is 4.79 Å². The molecule has 0 radical (unpaired) electrons. The van der Waals surface area contributed by atoms with E-state index in [4.69, 9.17) is 21.4 Å². The van der Waals surface area contributed by atoms with E-state index < -0.39 is 5.97 Å². The van der Waals surface area contributed by atoms with Crippen molar-refractivity contribution in [3.05, 3.63) is 22.8 Å². The second-order valence-electron chi connectivity index (χ2n) is 5.53. The number of halogens is 1. The molecule has 1 fully saturated rings. The molecular formula is C14H19ClN2O3. The average molecular weight is 299 g/mol. The number of aromatic nitrogens is 1. The molecule has 20 heavy (non-hydrogen) atoms. The zero-order valence-electron chi connectivity index (χ0n) is 11.8. The molecule has 1 heterocycles. The number of hydrogen-bond donors (Lipinski definition) is 2. The summed E-state index contributed by atoms with van der Waals surface area (Å²) in [7, 11) is 0. The summed E-state index contributed by atoms with van der Waals surface area (Å²) < 4.78 is 5.67. The topological polar surface area (TPSA) is 71.5 Å². The van der Waals surface area contributed by atoms with Gasteiger partial charge in [0.25, 0.3) is 0 Å². The molecule has 0 aliphatic heterocycles. The van der Waals surface area contributed by atoms with Gasteiger partial charge < -0.3 is 15.2 Å². The first-order valence-corrected chi connectivity index (χ1v) is 7.02. The molecule has 1 aliphatic rings. The lowest BCUT2D eigenvalue weighted by Crippen LogP contribution is -2.58. The van der Waals surface area contributed by atoms with E-state index >= 15 is 0 Å². The van der Waals surface area contributed by atoms with Gasteiger partial charge in [-0.05, 0) is 25.5 Å². The Kier molecular flexibility index (Phi) is 4.20. The van der Waals surface area contributed by atoms with Gasteiger partial charge >= 0.3 is 5.97 Å². The second-order valence-corrected chi connectivity index (χ2v) is 5.94. The Morgan fingerprint density at radius 1 is 1.60 bits per heavy atom. The Labute approximate surface area is 123 Å². The van der Waals surface area contributed by atoms with Gasteiger partial charge in [-0.1, -0.05) is 25.4 Å². The molecule has 110 valence electrons. The van der Waals surface area contributed by atoms with E-state index in [1.807, 2.05) is 6.92 Å². The molecule has 1 aliphatic carbocycles. The Morgan fingerprint density at radius 3 is 2.85 bits per heavy atom. The summed E-state index contributed by atoms with van der Waals surface area (Å²) in [5.41, 5.74) is -0.143. The molecule has 2 unspecified atom stereocenters. The van der Waals surface area contributed by atoms with Crippen LogP contribution in [0.5, 0.6) is 0 Å². The molecule has 1 aromatic rings. The van der Waals surface area contributed by atoms with Crippen molar-refractivity contribution < 1.29 is 14.6 Å². The lowest BCUT2D eigenvalue weighted by Gasteiger charge is -2.51. The molecular weight excluding hydrogens is 280 g/mol. The third kappa shape index (κ3) is 2.74. The van der Waals surface area contributed by atoms with Crippen LogP contribution in [0.3, 0.4) is 0 Å². The number of hydrogen-bond acceptors (Lipinski definition) is 4. The van der Waals surface area contributed by atoms with E-state index in [-0.39, 0.29) is 28.3 Å². The van der Waals surface area contributed by atoms with E-state index in [0.29, 0.717) is 12.4 Å². The summed E-state index contributed by atoms with van der Waals surface area (Å²) in [6.07, 6.45) is 1.10. The fraction of sp³-hybridized carbons (Fsp3) is 0.571. The van der Waals surface area contributed by atoms with Crippen LogP contribution < -0.4 is 5.32 Å². The van der Waals surface area contributed by atoms with Crippen molar-refractivity contribution in [3.8, 4) is 0 Å². The number of aromatic carboxylic acids is 1. The second kappa shape index (κ2) is 5.58. The molecule has 6 heteroatoms. The molecule has 1 aromatic heterocycles. The number of nitrogens with zero attached hydrogens (tertiary/aromatic N) is 1. The standard InChI is InChI=1S/C14H19ClN2O3/c1-4-20-10-7-9(14(10,2)3)16-11-6-5-8(15)12(17-11)13(18)19/h5-6,9-10H,4,7H2,1-3H3,(H,16,17)(H,18,19). The molecule has 5 nitrogen and oxygen atoms in total. The zero-order valence-corrected chi connectivity index (χ0v) is 12.6. The first kappa shape index (κ1) is 15.1. The Hall–Kier alpha value is -1.33. The predicted molar refractivity (Wildman–Crippen MR) is 77.4 cm³/mol. The largest absolute Gasteiger partial charge is 0.476 e.